The highest BCUT2D eigenvalue weighted by Gasteiger charge is 2.43. The molecular formula is C13H15N3O5. The number of nitrogens with two attached hydrogens (primary N) is 1. The van der Waals surface area contributed by atoms with Crippen molar-refractivity contribution in [3.05, 3.63) is 39.4 Å². The molecule has 0 saturated carbocycles. The van der Waals surface area contributed by atoms with Gasteiger partial charge in [0.25, 0.3) is 11.6 Å². The Morgan fingerprint density at radius 1 is 1.48 bits per heavy atom. The number of nitro benzene ring substituents is 1. The molecule has 1 fully saturated rings. The van der Waals surface area contributed by atoms with Gasteiger partial charge in [0.2, 0.25) is 0 Å². The van der Waals surface area contributed by atoms with E-state index < -0.39 is 22.3 Å². The molecule has 1 amide bonds. The maximum Gasteiger partial charge on any atom is 0.325 e. The molecule has 0 spiro atoms. The maximum absolute atomic E-state index is 12.3. The summed E-state index contributed by atoms with van der Waals surface area (Å²) in [6, 6.07) is 4.19. The number of carbonyl (C=O) groups is 2. The predicted molar refractivity (Wildman–Crippen MR) is 72.9 cm³/mol. The third kappa shape index (κ3) is 2.70. The summed E-state index contributed by atoms with van der Waals surface area (Å²) in [5, 5.41) is 19.9. The van der Waals surface area contributed by atoms with Gasteiger partial charge >= 0.3 is 5.97 Å². The van der Waals surface area contributed by atoms with Gasteiger partial charge in [0.05, 0.1) is 4.92 Å². The van der Waals surface area contributed by atoms with Crippen LogP contribution in [0.4, 0.5) is 5.69 Å². The molecule has 1 heterocycles. The molecule has 8 heteroatoms. The standard InChI is InChI=1S/C13H15N3O5/c1-8-2-3-9(6-10(8)16(20)21)11(17)15-5-4-13(14,7-15)12(18)19/h2-3,6H,4-5,7,14H2,1H3,(H,18,19). The van der Waals surface area contributed by atoms with Crippen LogP contribution in [0.25, 0.3) is 0 Å². The molecule has 1 saturated heterocycles. The molecule has 1 aromatic carbocycles. The highest BCUT2D eigenvalue weighted by molar-refractivity contribution is 5.96. The highest BCUT2D eigenvalue weighted by atomic mass is 16.6. The molecule has 21 heavy (non-hydrogen) atoms. The predicted octanol–water partition coefficient (Wildman–Crippen LogP) is 0.531. The van der Waals surface area contributed by atoms with Gasteiger partial charge in [-0.15, -0.1) is 0 Å². The number of likely N-dealkylation sites (tertiary alicyclic amines) is 1. The van der Waals surface area contributed by atoms with Crippen LogP contribution in [0, 0.1) is 17.0 Å². The first-order chi connectivity index (χ1) is 9.74. The molecule has 2 rings (SSSR count). The molecule has 0 aliphatic carbocycles. The van der Waals surface area contributed by atoms with Crippen LogP contribution in [0.3, 0.4) is 0 Å². The van der Waals surface area contributed by atoms with Crippen molar-refractivity contribution in [1.82, 2.24) is 4.90 Å². The summed E-state index contributed by atoms with van der Waals surface area (Å²) in [7, 11) is 0. The molecule has 1 aliphatic rings. The van der Waals surface area contributed by atoms with Crippen molar-refractivity contribution in [2.45, 2.75) is 18.9 Å². The number of nitro groups is 1. The Hall–Kier alpha value is -2.48. The number of aryl methyl sites for hydroxylation is 1. The lowest BCUT2D eigenvalue weighted by molar-refractivity contribution is -0.385. The third-order valence-electron chi connectivity index (χ3n) is 3.67. The average molecular weight is 293 g/mol. The largest absolute Gasteiger partial charge is 0.480 e. The van der Waals surface area contributed by atoms with Gasteiger partial charge in [-0.3, -0.25) is 19.7 Å². The molecule has 1 aromatic rings. The molecule has 3 N–H and O–H groups in total. The minimum atomic E-state index is -1.45. The number of carboxylic acid groups (broad SMARTS) is 1. The Morgan fingerprint density at radius 2 is 2.14 bits per heavy atom. The van der Waals surface area contributed by atoms with E-state index in [0.717, 1.165) is 0 Å². The summed E-state index contributed by atoms with van der Waals surface area (Å²) in [5.41, 5.74) is 4.73. The molecule has 112 valence electrons. The van der Waals surface area contributed by atoms with Crippen molar-refractivity contribution in [3.63, 3.8) is 0 Å². The monoisotopic (exact) mass is 293 g/mol. The Balaban J connectivity index is 2.24. The SMILES string of the molecule is Cc1ccc(C(=O)N2CCC(N)(C(=O)O)C2)cc1[N+](=O)[O-]. The second-order valence-corrected chi connectivity index (χ2v) is 5.20. The fourth-order valence-electron chi connectivity index (χ4n) is 2.30. The molecule has 1 unspecified atom stereocenters. The lowest BCUT2D eigenvalue weighted by Crippen LogP contribution is -2.50. The van der Waals surface area contributed by atoms with Gasteiger partial charge < -0.3 is 15.7 Å². The van der Waals surface area contributed by atoms with E-state index >= 15 is 0 Å². The van der Waals surface area contributed by atoms with Crippen LogP contribution in [0.1, 0.15) is 22.3 Å². The second kappa shape index (κ2) is 5.13. The smallest absolute Gasteiger partial charge is 0.325 e. The van der Waals surface area contributed by atoms with Crippen molar-refractivity contribution in [3.8, 4) is 0 Å². The fourth-order valence-corrected chi connectivity index (χ4v) is 2.30. The average Bonchev–Trinajstić information content (AvgIpc) is 2.82. The second-order valence-electron chi connectivity index (χ2n) is 5.20. The van der Waals surface area contributed by atoms with Crippen molar-refractivity contribution < 1.29 is 19.6 Å². The number of amides is 1. The van der Waals surface area contributed by atoms with Gasteiger partial charge in [-0.25, -0.2) is 0 Å². The summed E-state index contributed by atoms with van der Waals surface area (Å²) in [5.74, 6) is -1.61. The quantitative estimate of drug-likeness (QED) is 0.618. The van der Waals surface area contributed by atoms with E-state index in [1.807, 2.05) is 0 Å². The zero-order valence-electron chi connectivity index (χ0n) is 11.4. The van der Waals surface area contributed by atoms with Crippen molar-refractivity contribution >= 4 is 17.6 Å². The van der Waals surface area contributed by atoms with Gasteiger partial charge in [-0.05, 0) is 19.4 Å². The van der Waals surface area contributed by atoms with Gasteiger partial charge in [-0.2, -0.15) is 0 Å². The number of carboxylic acids is 1. The third-order valence-corrected chi connectivity index (χ3v) is 3.67. The number of hydrogen-bond acceptors (Lipinski definition) is 5. The number of carbonyl (C=O) groups excluding carboxylic acids is 1. The first-order valence-electron chi connectivity index (χ1n) is 6.31. The van der Waals surface area contributed by atoms with Crippen molar-refractivity contribution in [2.75, 3.05) is 13.1 Å². The van der Waals surface area contributed by atoms with Crippen LogP contribution < -0.4 is 5.73 Å². The minimum absolute atomic E-state index is 0.108. The number of nitrogens with zero attached hydrogens (tertiary/aromatic N) is 2. The minimum Gasteiger partial charge on any atom is -0.480 e. The lowest BCUT2D eigenvalue weighted by Gasteiger charge is -2.20. The van der Waals surface area contributed by atoms with Gasteiger partial charge in [0, 0.05) is 30.3 Å². The highest BCUT2D eigenvalue weighted by Crippen LogP contribution is 2.24. The topological polar surface area (TPSA) is 127 Å². The summed E-state index contributed by atoms with van der Waals surface area (Å²) in [4.78, 5) is 35.0. The lowest BCUT2D eigenvalue weighted by atomic mass is 10.0. The number of rotatable bonds is 3. The van der Waals surface area contributed by atoms with E-state index in [2.05, 4.69) is 0 Å². The van der Waals surface area contributed by atoms with Crippen LogP contribution >= 0.6 is 0 Å². The van der Waals surface area contributed by atoms with E-state index in [1.165, 1.54) is 23.1 Å². The summed E-state index contributed by atoms with van der Waals surface area (Å²) >= 11 is 0. The number of hydrogen-bond donors (Lipinski definition) is 2. The summed E-state index contributed by atoms with van der Waals surface area (Å²) in [6.45, 7) is 1.68. The van der Waals surface area contributed by atoms with Gasteiger partial charge in [0.15, 0.2) is 0 Å². The van der Waals surface area contributed by atoms with E-state index in [-0.39, 0.29) is 30.8 Å². The van der Waals surface area contributed by atoms with Gasteiger partial charge in [0.1, 0.15) is 5.54 Å². The van der Waals surface area contributed by atoms with Crippen LogP contribution in [-0.2, 0) is 4.79 Å². The molecule has 0 bridgehead atoms. The molecule has 0 radical (unpaired) electrons. The molecule has 8 nitrogen and oxygen atoms in total. The Morgan fingerprint density at radius 3 is 2.67 bits per heavy atom. The van der Waals surface area contributed by atoms with E-state index in [9.17, 15) is 19.7 Å². The van der Waals surface area contributed by atoms with Crippen LogP contribution in [0.5, 0.6) is 0 Å². The van der Waals surface area contributed by atoms with Crippen molar-refractivity contribution in [1.29, 1.82) is 0 Å². The Kier molecular flexibility index (Phi) is 3.65. The van der Waals surface area contributed by atoms with Crippen molar-refractivity contribution in [2.24, 2.45) is 5.73 Å². The van der Waals surface area contributed by atoms with Crippen LogP contribution in [-0.4, -0.2) is 45.4 Å². The zero-order valence-corrected chi connectivity index (χ0v) is 11.4. The van der Waals surface area contributed by atoms with E-state index in [0.29, 0.717) is 5.56 Å². The Bertz CT molecular complexity index is 630. The van der Waals surface area contributed by atoms with Crippen LogP contribution in [0.2, 0.25) is 0 Å². The zero-order chi connectivity index (χ0) is 15.8. The normalized spacial score (nSPS) is 21.3. The van der Waals surface area contributed by atoms with Crippen LogP contribution in [0.15, 0.2) is 18.2 Å². The Labute approximate surface area is 120 Å². The van der Waals surface area contributed by atoms with Gasteiger partial charge in [-0.1, -0.05) is 6.07 Å². The summed E-state index contributed by atoms with van der Waals surface area (Å²) < 4.78 is 0. The van der Waals surface area contributed by atoms with E-state index in [4.69, 9.17) is 10.8 Å². The number of aliphatic carboxylic acids is 1. The molecule has 1 atom stereocenters. The summed E-state index contributed by atoms with van der Waals surface area (Å²) in [6.07, 6.45) is 0.155. The number of benzene rings is 1. The first kappa shape index (κ1) is 14.9. The first-order valence-corrected chi connectivity index (χ1v) is 6.31. The fraction of sp³-hybridized carbons (Fsp3) is 0.385. The molecule has 1 aliphatic heterocycles. The maximum atomic E-state index is 12.3. The molecule has 0 aromatic heterocycles. The molecular weight excluding hydrogens is 278 g/mol. The van der Waals surface area contributed by atoms with E-state index in [1.54, 1.807) is 6.92 Å².